The number of aromatic nitrogens is 1. The maximum atomic E-state index is 12.4. The highest BCUT2D eigenvalue weighted by atomic mass is 79.9. The van der Waals surface area contributed by atoms with Crippen molar-refractivity contribution in [2.75, 3.05) is 7.11 Å². The standard InChI is InChI=1S/C23H20BrNO3/c1-3-14-11-19-22(20(26)12-14)21-16(23(27)28-2)8-6-10-18(21)25(19)13-15-7-4-5-9-17(15)24/h4-12,26H,3,13H2,1-2H3. The zero-order valence-corrected chi connectivity index (χ0v) is 17.3. The summed E-state index contributed by atoms with van der Waals surface area (Å²) in [4.78, 5) is 12.4. The number of hydrogen-bond acceptors (Lipinski definition) is 3. The molecule has 0 aliphatic heterocycles. The van der Waals surface area contributed by atoms with Gasteiger partial charge in [0, 0.05) is 16.4 Å². The molecule has 1 N–H and O–H groups in total. The van der Waals surface area contributed by atoms with Gasteiger partial charge in [-0.25, -0.2) is 4.79 Å². The minimum absolute atomic E-state index is 0.182. The molecule has 4 nitrogen and oxygen atoms in total. The number of aromatic hydroxyl groups is 1. The number of nitrogens with zero attached hydrogens (tertiary/aromatic N) is 1. The van der Waals surface area contributed by atoms with Crippen LogP contribution in [0.3, 0.4) is 0 Å². The molecule has 3 aromatic carbocycles. The average molecular weight is 438 g/mol. The maximum absolute atomic E-state index is 12.4. The van der Waals surface area contributed by atoms with Gasteiger partial charge in [0.05, 0.1) is 29.1 Å². The van der Waals surface area contributed by atoms with Crippen LogP contribution in [0.1, 0.15) is 28.4 Å². The molecule has 5 heteroatoms. The molecule has 0 fully saturated rings. The zero-order valence-electron chi connectivity index (χ0n) is 15.7. The zero-order chi connectivity index (χ0) is 19.8. The molecule has 0 atom stereocenters. The number of fused-ring (bicyclic) bond motifs is 3. The van der Waals surface area contributed by atoms with Crippen molar-refractivity contribution in [1.29, 1.82) is 0 Å². The second kappa shape index (κ2) is 7.32. The maximum Gasteiger partial charge on any atom is 0.338 e. The van der Waals surface area contributed by atoms with Crippen LogP contribution in [0.15, 0.2) is 59.1 Å². The van der Waals surface area contributed by atoms with Crippen LogP contribution in [0.25, 0.3) is 21.8 Å². The Morgan fingerprint density at radius 3 is 2.57 bits per heavy atom. The van der Waals surface area contributed by atoms with Crippen LogP contribution in [0, 0.1) is 0 Å². The van der Waals surface area contributed by atoms with E-state index in [-0.39, 0.29) is 5.75 Å². The van der Waals surface area contributed by atoms with Crippen molar-refractivity contribution in [2.24, 2.45) is 0 Å². The van der Waals surface area contributed by atoms with Crippen molar-refractivity contribution in [3.8, 4) is 5.75 Å². The Morgan fingerprint density at radius 2 is 1.86 bits per heavy atom. The number of ether oxygens (including phenoxy) is 1. The summed E-state index contributed by atoms with van der Waals surface area (Å²) in [6.45, 7) is 2.67. The fourth-order valence-electron chi connectivity index (χ4n) is 3.75. The fraction of sp³-hybridized carbons (Fsp3) is 0.174. The Balaban J connectivity index is 2.11. The molecule has 0 aliphatic carbocycles. The quantitative estimate of drug-likeness (QED) is 0.419. The molecule has 0 saturated carbocycles. The number of carbonyl (C=O) groups is 1. The highest BCUT2D eigenvalue weighted by molar-refractivity contribution is 9.10. The van der Waals surface area contributed by atoms with E-state index in [4.69, 9.17) is 4.74 Å². The van der Waals surface area contributed by atoms with Gasteiger partial charge < -0.3 is 14.4 Å². The number of phenolic OH excluding ortho intramolecular Hbond substituents is 1. The lowest BCUT2D eigenvalue weighted by molar-refractivity contribution is 0.0603. The van der Waals surface area contributed by atoms with E-state index in [0.717, 1.165) is 38.4 Å². The summed E-state index contributed by atoms with van der Waals surface area (Å²) in [6, 6.07) is 17.5. The van der Waals surface area contributed by atoms with Crippen molar-refractivity contribution >= 4 is 43.7 Å². The second-order valence-electron chi connectivity index (χ2n) is 6.73. The Hall–Kier alpha value is -2.79. The molecule has 4 rings (SSSR count). The number of benzene rings is 3. The van der Waals surface area contributed by atoms with Gasteiger partial charge in [-0.2, -0.15) is 0 Å². The van der Waals surface area contributed by atoms with Crippen LogP contribution in [0.2, 0.25) is 0 Å². The van der Waals surface area contributed by atoms with Crippen molar-refractivity contribution in [3.05, 3.63) is 75.8 Å². The third-order valence-corrected chi connectivity index (χ3v) is 5.90. The van der Waals surface area contributed by atoms with E-state index in [1.165, 1.54) is 7.11 Å². The molecule has 0 amide bonds. The van der Waals surface area contributed by atoms with Gasteiger partial charge in [-0.3, -0.25) is 0 Å². The number of methoxy groups -OCH3 is 1. The normalized spacial score (nSPS) is 11.2. The van der Waals surface area contributed by atoms with Crippen LogP contribution in [0.5, 0.6) is 5.75 Å². The summed E-state index contributed by atoms with van der Waals surface area (Å²) in [7, 11) is 1.37. The first-order chi connectivity index (χ1) is 13.5. The number of phenols is 1. The first kappa shape index (κ1) is 18.6. The molecule has 0 bridgehead atoms. The SMILES string of the molecule is CCc1cc(O)c2c3c(C(=O)OC)cccc3n(Cc3ccccc3Br)c2c1. The molecule has 0 aliphatic rings. The minimum Gasteiger partial charge on any atom is -0.507 e. The molecule has 1 aromatic heterocycles. The van der Waals surface area contributed by atoms with Crippen LogP contribution in [-0.4, -0.2) is 22.8 Å². The average Bonchev–Trinajstić information content (AvgIpc) is 3.03. The number of halogens is 1. The molecule has 1 heterocycles. The van der Waals surface area contributed by atoms with Gasteiger partial charge in [0.2, 0.25) is 0 Å². The van der Waals surface area contributed by atoms with Gasteiger partial charge in [-0.1, -0.05) is 47.1 Å². The number of carbonyl (C=O) groups excluding carboxylic acids is 1. The van der Waals surface area contributed by atoms with Crippen LogP contribution >= 0.6 is 15.9 Å². The van der Waals surface area contributed by atoms with Gasteiger partial charge >= 0.3 is 5.97 Å². The van der Waals surface area contributed by atoms with E-state index >= 15 is 0 Å². The van der Waals surface area contributed by atoms with Crippen LogP contribution < -0.4 is 0 Å². The highest BCUT2D eigenvalue weighted by Gasteiger charge is 2.21. The largest absolute Gasteiger partial charge is 0.507 e. The Kier molecular flexibility index (Phi) is 4.85. The molecular weight excluding hydrogens is 418 g/mol. The number of esters is 1. The predicted molar refractivity (Wildman–Crippen MR) is 115 cm³/mol. The first-order valence-corrected chi connectivity index (χ1v) is 9.93. The van der Waals surface area contributed by atoms with E-state index < -0.39 is 5.97 Å². The van der Waals surface area contributed by atoms with Crippen LogP contribution in [0.4, 0.5) is 0 Å². The topological polar surface area (TPSA) is 51.5 Å². The van der Waals surface area contributed by atoms with Crippen LogP contribution in [-0.2, 0) is 17.7 Å². The lowest BCUT2D eigenvalue weighted by atomic mass is 10.0. The minimum atomic E-state index is -0.412. The Bertz CT molecular complexity index is 1210. The van der Waals surface area contributed by atoms with E-state index in [1.807, 2.05) is 30.3 Å². The molecule has 0 radical (unpaired) electrons. The van der Waals surface area contributed by atoms with E-state index in [2.05, 4.69) is 39.6 Å². The summed E-state index contributed by atoms with van der Waals surface area (Å²) in [5.41, 5.74) is 4.40. The molecule has 0 saturated heterocycles. The Morgan fingerprint density at radius 1 is 1.07 bits per heavy atom. The molecule has 142 valence electrons. The smallest absolute Gasteiger partial charge is 0.338 e. The second-order valence-corrected chi connectivity index (χ2v) is 7.59. The van der Waals surface area contributed by atoms with E-state index in [9.17, 15) is 9.90 Å². The third kappa shape index (κ3) is 2.96. The van der Waals surface area contributed by atoms with Gasteiger partial charge in [0.1, 0.15) is 5.75 Å². The molecule has 28 heavy (non-hydrogen) atoms. The van der Waals surface area contributed by atoms with Gasteiger partial charge in [-0.05, 0) is 47.9 Å². The monoisotopic (exact) mass is 437 g/mol. The van der Waals surface area contributed by atoms with Crippen molar-refractivity contribution in [1.82, 2.24) is 4.57 Å². The number of aryl methyl sites for hydroxylation is 1. The third-order valence-electron chi connectivity index (χ3n) is 5.13. The van der Waals surface area contributed by atoms with Crippen molar-refractivity contribution in [3.63, 3.8) is 0 Å². The van der Waals surface area contributed by atoms with Gasteiger partial charge in [0.25, 0.3) is 0 Å². The molecule has 4 aromatic rings. The predicted octanol–water partition coefficient (Wildman–Crippen LogP) is 5.66. The highest BCUT2D eigenvalue weighted by Crippen LogP contribution is 2.39. The first-order valence-electron chi connectivity index (χ1n) is 9.13. The van der Waals surface area contributed by atoms with Crippen molar-refractivity contribution in [2.45, 2.75) is 19.9 Å². The van der Waals surface area contributed by atoms with Gasteiger partial charge in [-0.15, -0.1) is 0 Å². The number of hydrogen-bond donors (Lipinski definition) is 1. The summed E-state index contributed by atoms with van der Waals surface area (Å²) < 4.78 is 8.15. The summed E-state index contributed by atoms with van der Waals surface area (Å²) in [6.07, 6.45) is 0.809. The summed E-state index contributed by atoms with van der Waals surface area (Å²) in [5.74, 6) is -0.230. The fourth-order valence-corrected chi connectivity index (χ4v) is 4.16. The molecular formula is C23H20BrNO3. The lowest BCUT2D eigenvalue weighted by Gasteiger charge is -2.10. The molecule has 0 unspecified atom stereocenters. The van der Waals surface area contributed by atoms with Gasteiger partial charge in [0.15, 0.2) is 0 Å². The van der Waals surface area contributed by atoms with E-state index in [0.29, 0.717) is 17.5 Å². The summed E-state index contributed by atoms with van der Waals surface area (Å²) >= 11 is 3.62. The molecule has 0 spiro atoms. The Labute approximate surface area is 171 Å². The van der Waals surface area contributed by atoms with Crippen molar-refractivity contribution < 1.29 is 14.6 Å². The summed E-state index contributed by atoms with van der Waals surface area (Å²) in [5, 5.41) is 12.2. The van der Waals surface area contributed by atoms with E-state index in [1.54, 1.807) is 12.1 Å². The number of rotatable bonds is 4. The lowest BCUT2D eigenvalue weighted by Crippen LogP contribution is -2.03.